The maximum absolute atomic E-state index is 5.67. The molecule has 0 aliphatic heterocycles. The fourth-order valence-corrected chi connectivity index (χ4v) is 1.16. The molecule has 1 unspecified atom stereocenters. The minimum Gasteiger partial charge on any atom is -0.323 e. The summed E-state index contributed by atoms with van der Waals surface area (Å²) < 4.78 is 1.67. The molecule has 0 bridgehead atoms. The van der Waals surface area contributed by atoms with E-state index in [0.717, 1.165) is 5.69 Å². The molecule has 2 aromatic rings. The Kier molecular flexibility index (Phi) is 2.68. The quantitative estimate of drug-likeness (QED) is 0.768. The number of aromatic nitrogens is 5. The Morgan fingerprint density at radius 1 is 1.40 bits per heavy atom. The number of hydrogen-bond donors (Lipinski definition) is 1. The molecule has 0 amide bonds. The molecule has 2 rings (SSSR count). The number of rotatable bonds is 3. The first kappa shape index (κ1) is 9.72. The van der Waals surface area contributed by atoms with E-state index in [1.165, 1.54) is 0 Å². The molecule has 0 saturated carbocycles. The zero-order valence-corrected chi connectivity index (χ0v) is 8.41. The van der Waals surface area contributed by atoms with Crippen molar-refractivity contribution < 1.29 is 0 Å². The van der Waals surface area contributed by atoms with Crippen LogP contribution in [0.5, 0.6) is 0 Å². The van der Waals surface area contributed by atoms with E-state index in [2.05, 4.69) is 20.3 Å². The Hall–Kier alpha value is -1.82. The molecule has 0 spiro atoms. The highest BCUT2D eigenvalue weighted by atomic mass is 15.4. The van der Waals surface area contributed by atoms with E-state index < -0.39 is 0 Å². The van der Waals surface area contributed by atoms with E-state index in [4.69, 9.17) is 5.73 Å². The number of nitrogens with zero attached hydrogens (tertiary/aromatic N) is 5. The Bertz CT molecular complexity index is 421. The van der Waals surface area contributed by atoms with Crippen LogP contribution < -0.4 is 5.73 Å². The third-order valence-corrected chi connectivity index (χ3v) is 1.95. The summed E-state index contributed by atoms with van der Waals surface area (Å²) in [5.74, 6) is 0.707. The zero-order valence-electron chi connectivity index (χ0n) is 8.41. The van der Waals surface area contributed by atoms with Gasteiger partial charge < -0.3 is 5.73 Å². The molecule has 0 radical (unpaired) electrons. The zero-order chi connectivity index (χ0) is 10.7. The van der Waals surface area contributed by atoms with E-state index in [1.807, 2.05) is 6.92 Å². The van der Waals surface area contributed by atoms with E-state index in [9.17, 15) is 0 Å². The summed E-state index contributed by atoms with van der Waals surface area (Å²) in [7, 11) is 0. The average molecular weight is 204 g/mol. The highest BCUT2D eigenvalue weighted by molar-refractivity contribution is 4.99. The summed E-state index contributed by atoms with van der Waals surface area (Å²) in [6, 6.07) is 1.67. The molecule has 6 heteroatoms. The van der Waals surface area contributed by atoms with Crippen LogP contribution in [0, 0.1) is 0 Å². The summed E-state index contributed by atoms with van der Waals surface area (Å²) in [4.78, 5) is 8.19. The number of nitrogens with two attached hydrogens (primary N) is 1. The summed E-state index contributed by atoms with van der Waals surface area (Å²) in [5.41, 5.74) is 6.44. The lowest BCUT2D eigenvalue weighted by atomic mass is 10.3. The van der Waals surface area contributed by atoms with Gasteiger partial charge in [0.25, 0.3) is 0 Å². The van der Waals surface area contributed by atoms with E-state index in [-0.39, 0.29) is 6.04 Å². The second-order valence-electron chi connectivity index (χ2n) is 3.29. The first-order valence-electron chi connectivity index (χ1n) is 4.67. The minimum atomic E-state index is -0.101. The van der Waals surface area contributed by atoms with Gasteiger partial charge in [0.1, 0.15) is 12.4 Å². The molecular weight excluding hydrogens is 192 g/mol. The maximum atomic E-state index is 5.67. The second kappa shape index (κ2) is 4.14. The fourth-order valence-electron chi connectivity index (χ4n) is 1.16. The summed E-state index contributed by atoms with van der Waals surface area (Å²) in [6.45, 7) is 2.38. The van der Waals surface area contributed by atoms with Gasteiger partial charge in [0, 0.05) is 18.4 Å². The van der Waals surface area contributed by atoms with Crippen LogP contribution in [-0.4, -0.2) is 25.0 Å². The Morgan fingerprint density at radius 3 is 2.73 bits per heavy atom. The van der Waals surface area contributed by atoms with E-state index in [0.29, 0.717) is 12.4 Å². The van der Waals surface area contributed by atoms with Gasteiger partial charge in [-0.2, -0.15) is 0 Å². The van der Waals surface area contributed by atoms with Crippen molar-refractivity contribution in [3.8, 4) is 0 Å². The van der Waals surface area contributed by atoms with Crippen molar-refractivity contribution in [3.05, 3.63) is 36.2 Å². The van der Waals surface area contributed by atoms with Crippen molar-refractivity contribution in [3.63, 3.8) is 0 Å². The molecule has 2 N–H and O–H groups in total. The lowest BCUT2D eigenvalue weighted by Crippen LogP contribution is -2.05. The van der Waals surface area contributed by atoms with Crippen molar-refractivity contribution in [2.75, 3.05) is 0 Å². The first-order valence-corrected chi connectivity index (χ1v) is 4.67. The highest BCUT2D eigenvalue weighted by Crippen LogP contribution is 2.04. The average Bonchev–Trinajstić information content (AvgIpc) is 2.68. The van der Waals surface area contributed by atoms with Crippen LogP contribution in [0.3, 0.4) is 0 Å². The molecule has 0 aliphatic rings. The molecule has 15 heavy (non-hydrogen) atoms. The van der Waals surface area contributed by atoms with Crippen LogP contribution in [0.25, 0.3) is 0 Å². The van der Waals surface area contributed by atoms with Gasteiger partial charge >= 0.3 is 0 Å². The van der Waals surface area contributed by atoms with Crippen LogP contribution in [0.4, 0.5) is 0 Å². The van der Waals surface area contributed by atoms with Crippen LogP contribution in [0.1, 0.15) is 24.5 Å². The third kappa shape index (κ3) is 2.35. The van der Waals surface area contributed by atoms with Crippen molar-refractivity contribution in [2.45, 2.75) is 19.5 Å². The molecule has 6 nitrogen and oxygen atoms in total. The van der Waals surface area contributed by atoms with Crippen LogP contribution in [0.15, 0.2) is 24.7 Å². The molecule has 0 saturated heterocycles. The Morgan fingerprint density at radius 2 is 2.13 bits per heavy atom. The van der Waals surface area contributed by atoms with Gasteiger partial charge in [0.2, 0.25) is 0 Å². The lowest BCUT2D eigenvalue weighted by Gasteiger charge is -1.98. The molecule has 2 heterocycles. The standard InChI is InChI=1S/C9H12N6/c1-7(10)8-5-15(14-13-8)6-9-11-3-2-4-12-9/h2-5,7H,6,10H2,1H3. The van der Waals surface area contributed by atoms with Gasteiger partial charge in [-0.15, -0.1) is 5.10 Å². The van der Waals surface area contributed by atoms with Crippen LogP contribution in [0.2, 0.25) is 0 Å². The SMILES string of the molecule is CC(N)c1cn(Cc2ncccn2)nn1. The van der Waals surface area contributed by atoms with Crippen molar-refractivity contribution in [1.82, 2.24) is 25.0 Å². The molecule has 0 aromatic carbocycles. The summed E-state index contributed by atoms with van der Waals surface area (Å²) in [5, 5.41) is 7.88. The number of hydrogen-bond acceptors (Lipinski definition) is 5. The van der Waals surface area contributed by atoms with Gasteiger partial charge in [0.05, 0.1) is 11.9 Å². The monoisotopic (exact) mass is 204 g/mol. The van der Waals surface area contributed by atoms with Crippen molar-refractivity contribution in [1.29, 1.82) is 0 Å². The summed E-state index contributed by atoms with van der Waals surface area (Å²) in [6.07, 6.45) is 5.21. The highest BCUT2D eigenvalue weighted by Gasteiger charge is 2.05. The summed E-state index contributed by atoms with van der Waals surface area (Å²) >= 11 is 0. The normalized spacial score (nSPS) is 12.7. The van der Waals surface area contributed by atoms with Gasteiger partial charge in [-0.25, -0.2) is 14.6 Å². The fraction of sp³-hybridized carbons (Fsp3) is 0.333. The molecule has 2 aromatic heterocycles. The molecule has 0 aliphatic carbocycles. The van der Waals surface area contributed by atoms with Crippen molar-refractivity contribution in [2.24, 2.45) is 5.73 Å². The van der Waals surface area contributed by atoms with Crippen LogP contribution >= 0.6 is 0 Å². The van der Waals surface area contributed by atoms with Gasteiger partial charge in [-0.3, -0.25) is 0 Å². The van der Waals surface area contributed by atoms with E-state index in [1.54, 1.807) is 29.3 Å². The van der Waals surface area contributed by atoms with Gasteiger partial charge in [-0.1, -0.05) is 5.21 Å². The largest absolute Gasteiger partial charge is 0.323 e. The van der Waals surface area contributed by atoms with E-state index >= 15 is 0 Å². The second-order valence-corrected chi connectivity index (χ2v) is 3.29. The lowest BCUT2D eigenvalue weighted by molar-refractivity contribution is 0.624. The predicted octanol–water partition coefficient (Wildman–Crippen LogP) is 0.136. The maximum Gasteiger partial charge on any atom is 0.149 e. The Labute approximate surface area is 87.2 Å². The molecule has 1 atom stereocenters. The van der Waals surface area contributed by atoms with Gasteiger partial charge in [0.15, 0.2) is 0 Å². The third-order valence-electron chi connectivity index (χ3n) is 1.95. The van der Waals surface area contributed by atoms with Crippen molar-refractivity contribution >= 4 is 0 Å². The van der Waals surface area contributed by atoms with Crippen LogP contribution in [-0.2, 0) is 6.54 Å². The molecule has 78 valence electrons. The Balaban J connectivity index is 2.12. The predicted molar refractivity (Wildman–Crippen MR) is 53.8 cm³/mol. The smallest absolute Gasteiger partial charge is 0.149 e. The minimum absolute atomic E-state index is 0.101. The molecular formula is C9H12N6. The van der Waals surface area contributed by atoms with Gasteiger partial charge in [-0.05, 0) is 13.0 Å². The first-order chi connectivity index (χ1) is 7.25. The topological polar surface area (TPSA) is 82.5 Å². The molecule has 0 fully saturated rings.